The van der Waals surface area contributed by atoms with Crippen molar-refractivity contribution in [2.75, 3.05) is 26.9 Å². The minimum atomic E-state index is -4.38. The number of guanidine groups is 1. The first-order valence-corrected chi connectivity index (χ1v) is 8.95. The van der Waals surface area contributed by atoms with E-state index in [1.807, 2.05) is 18.2 Å². The number of benzene rings is 2. The molecule has 9 heteroatoms. The van der Waals surface area contributed by atoms with E-state index in [1.54, 1.807) is 13.1 Å². The zero-order valence-corrected chi connectivity index (χ0v) is 18.5. The molecule has 0 amide bonds. The van der Waals surface area contributed by atoms with Gasteiger partial charge in [-0.3, -0.25) is 4.99 Å². The summed E-state index contributed by atoms with van der Waals surface area (Å²) < 4.78 is 48.8. The average molecular weight is 531 g/mol. The highest BCUT2D eigenvalue weighted by atomic mass is 127. The highest BCUT2D eigenvalue weighted by Crippen LogP contribution is 2.32. The van der Waals surface area contributed by atoms with E-state index in [0.29, 0.717) is 18.1 Å². The Morgan fingerprint density at radius 3 is 2.67 bits per heavy atom. The number of nitrogens with zero attached hydrogens (tertiary/aromatic N) is 1. The van der Waals surface area contributed by atoms with Crippen LogP contribution in [0.25, 0.3) is 0 Å². The van der Waals surface area contributed by atoms with Crippen molar-refractivity contribution in [1.82, 2.24) is 10.6 Å². The molecule has 2 aromatic rings. The lowest BCUT2D eigenvalue weighted by Gasteiger charge is -2.10. The molecular formula is C21H21F3IN3O2. The predicted molar refractivity (Wildman–Crippen MR) is 119 cm³/mol. The Balaban J connectivity index is 0.00000320. The molecule has 160 valence electrons. The van der Waals surface area contributed by atoms with Crippen molar-refractivity contribution in [2.24, 2.45) is 4.99 Å². The molecular weight excluding hydrogens is 510 g/mol. The molecule has 0 unspecified atom stereocenters. The van der Waals surface area contributed by atoms with E-state index in [4.69, 9.17) is 9.47 Å². The summed E-state index contributed by atoms with van der Waals surface area (Å²) in [5.74, 6) is 7.58. The molecule has 1 heterocycles. The monoisotopic (exact) mass is 531 g/mol. The van der Waals surface area contributed by atoms with Gasteiger partial charge in [0.25, 0.3) is 0 Å². The van der Waals surface area contributed by atoms with E-state index in [1.165, 1.54) is 6.07 Å². The van der Waals surface area contributed by atoms with Crippen LogP contribution in [0.3, 0.4) is 0 Å². The van der Waals surface area contributed by atoms with E-state index < -0.39 is 11.7 Å². The Kier molecular flexibility index (Phi) is 8.65. The molecule has 0 aliphatic carbocycles. The van der Waals surface area contributed by atoms with Gasteiger partial charge in [0.1, 0.15) is 0 Å². The lowest BCUT2D eigenvalue weighted by Crippen LogP contribution is -2.38. The zero-order valence-electron chi connectivity index (χ0n) is 16.2. The molecule has 0 bridgehead atoms. The molecule has 0 spiro atoms. The van der Waals surface area contributed by atoms with Crippen LogP contribution in [-0.2, 0) is 12.6 Å². The molecule has 2 N–H and O–H groups in total. The molecule has 0 saturated heterocycles. The van der Waals surface area contributed by atoms with Gasteiger partial charge in [0, 0.05) is 19.2 Å². The van der Waals surface area contributed by atoms with Gasteiger partial charge in [0.15, 0.2) is 17.5 Å². The molecule has 0 aromatic heterocycles. The van der Waals surface area contributed by atoms with Gasteiger partial charge in [-0.15, -0.1) is 24.0 Å². The summed E-state index contributed by atoms with van der Waals surface area (Å²) >= 11 is 0. The molecule has 1 aliphatic rings. The lowest BCUT2D eigenvalue weighted by molar-refractivity contribution is -0.137. The highest BCUT2D eigenvalue weighted by molar-refractivity contribution is 14.0. The van der Waals surface area contributed by atoms with Crippen LogP contribution >= 0.6 is 24.0 Å². The summed E-state index contributed by atoms with van der Waals surface area (Å²) in [5, 5.41) is 6.17. The van der Waals surface area contributed by atoms with Crippen LogP contribution in [-0.4, -0.2) is 32.9 Å². The van der Waals surface area contributed by atoms with E-state index in [9.17, 15) is 13.2 Å². The predicted octanol–water partition coefficient (Wildman–Crippen LogP) is 3.81. The number of halogens is 4. The van der Waals surface area contributed by atoms with Crippen molar-refractivity contribution in [1.29, 1.82) is 0 Å². The fourth-order valence-electron chi connectivity index (χ4n) is 2.69. The first kappa shape index (κ1) is 23.7. The summed E-state index contributed by atoms with van der Waals surface area (Å²) in [6.45, 7) is 1.13. The van der Waals surface area contributed by atoms with Crippen molar-refractivity contribution in [2.45, 2.75) is 12.6 Å². The third-order valence-corrected chi connectivity index (χ3v) is 4.13. The molecule has 2 aromatic carbocycles. The number of nitrogens with one attached hydrogen (secondary N) is 2. The smallest absolute Gasteiger partial charge is 0.416 e. The van der Waals surface area contributed by atoms with Crippen LogP contribution in [0.5, 0.6) is 11.5 Å². The first-order chi connectivity index (χ1) is 14.0. The number of alkyl halides is 3. The third kappa shape index (κ3) is 6.73. The van der Waals surface area contributed by atoms with E-state index in [2.05, 4.69) is 27.5 Å². The maximum absolute atomic E-state index is 12.7. The van der Waals surface area contributed by atoms with E-state index >= 15 is 0 Å². The Morgan fingerprint density at radius 1 is 1.10 bits per heavy atom. The first-order valence-electron chi connectivity index (χ1n) is 8.95. The summed E-state index contributed by atoms with van der Waals surface area (Å²) in [5.41, 5.74) is 0.701. The number of ether oxygens (including phenoxy) is 2. The van der Waals surface area contributed by atoms with Crippen LogP contribution in [0.2, 0.25) is 0 Å². The summed E-state index contributed by atoms with van der Waals surface area (Å²) in [7, 11) is 1.64. The van der Waals surface area contributed by atoms with E-state index in [-0.39, 0.29) is 37.3 Å². The zero-order chi connectivity index (χ0) is 20.7. The second kappa shape index (κ2) is 11.0. The summed E-state index contributed by atoms with van der Waals surface area (Å²) in [4.78, 5) is 4.10. The van der Waals surface area contributed by atoms with Crippen molar-refractivity contribution < 1.29 is 22.6 Å². The average Bonchev–Trinajstić information content (AvgIpc) is 3.17. The van der Waals surface area contributed by atoms with Gasteiger partial charge in [0.2, 0.25) is 6.79 Å². The Labute approximate surface area is 190 Å². The summed E-state index contributed by atoms with van der Waals surface area (Å²) in [6, 6.07) is 10.7. The number of hydrogen-bond donors (Lipinski definition) is 2. The Morgan fingerprint density at radius 2 is 1.90 bits per heavy atom. The van der Waals surface area contributed by atoms with Gasteiger partial charge in [-0.25, -0.2) is 0 Å². The number of fused-ring (bicyclic) bond motifs is 1. The van der Waals surface area contributed by atoms with Gasteiger partial charge in [-0.05, 0) is 42.3 Å². The van der Waals surface area contributed by atoms with Crippen LogP contribution in [0, 0.1) is 11.8 Å². The van der Waals surface area contributed by atoms with Gasteiger partial charge < -0.3 is 20.1 Å². The summed E-state index contributed by atoms with van der Waals surface area (Å²) in [6.07, 6.45) is -3.62. The van der Waals surface area contributed by atoms with Crippen molar-refractivity contribution in [3.05, 3.63) is 59.2 Å². The number of hydrogen-bond acceptors (Lipinski definition) is 3. The van der Waals surface area contributed by atoms with Gasteiger partial charge in [0.05, 0.1) is 12.1 Å². The minimum absolute atomic E-state index is 0. The Hall–Kier alpha value is -2.61. The SMILES string of the molecule is CN=C(NCC#Cc1cccc(C(F)(F)F)c1)NCCc1ccc2c(c1)OCO2.I. The second-order valence-electron chi connectivity index (χ2n) is 6.17. The maximum Gasteiger partial charge on any atom is 0.416 e. The van der Waals surface area contributed by atoms with Gasteiger partial charge >= 0.3 is 6.18 Å². The van der Waals surface area contributed by atoms with Crippen molar-refractivity contribution in [3.63, 3.8) is 0 Å². The maximum atomic E-state index is 12.7. The number of rotatable bonds is 4. The van der Waals surface area contributed by atoms with E-state index in [0.717, 1.165) is 35.6 Å². The molecule has 0 radical (unpaired) electrons. The van der Waals surface area contributed by atoms with Crippen LogP contribution < -0.4 is 20.1 Å². The molecule has 0 fully saturated rings. The highest BCUT2D eigenvalue weighted by Gasteiger charge is 2.30. The standard InChI is InChI=1S/C21H20F3N3O2.HI/c1-25-20(27-11-9-16-7-8-18-19(13-16)29-14-28-18)26-10-3-5-15-4-2-6-17(12-15)21(22,23)24;/h2,4,6-8,12-13H,9-11,14H2,1H3,(H2,25,26,27);1H. The largest absolute Gasteiger partial charge is 0.454 e. The molecule has 1 aliphatic heterocycles. The van der Waals surface area contributed by atoms with Crippen LogP contribution in [0.15, 0.2) is 47.5 Å². The second-order valence-corrected chi connectivity index (χ2v) is 6.17. The van der Waals surface area contributed by atoms with Crippen LogP contribution in [0.1, 0.15) is 16.7 Å². The fraction of sp³-hybridized carbons (Fsp3) is 0.286. The van der Waals surface area contributed by atoms with Crippen LogP contribution in [0.4, 0.5) is 13.2 Å². The van der Waals surface area contributed by atoms with Crippen molar-refractivity contribution >= 4 is 29.9 Å². The number of aliphatic imine (C=N–C) groups is 1. The lowest BCUT2D eigenvalue weighted by atomic mass is 10.1. The molecule has 0 saturated carbocycles. The van der Waals surface area contributed by atoms with Gasteiger partial charge in [-0.2, -0.15) is 13.2 Å². The topological polar surface area (TPSA) is 54.9 Å². The normalized spacial score (nSPS) is 12.5. The molecule has 3 rings (SSSR count). The quantitative estimate of drug-likeness (QED) is 0.273. The fourth-order valence-corrected chi connectivity index (χ4v) is 2.69. The molecule has 0 atom stereocenters. The molecule has 30 heavy (non-hydrogen) atoms. The molecule has 5 nitrogen and oxygen atoms in total. The minimum Gasteiger partial charge on any atom is -0.454 e. The third-order valence-electron chi connectivity index (χ3n) is 4.13. The van der Waals surface area contributed by atoms with Crippen molar-refractivity contribution in [3.8, 4) is 23.3 Å². The van der Waals surface area contributed by atoms with Gasteiger partial charge in [-0.1, -0.05) is 24.0 Å². The Bertz CT molecular complexity index is 952.